The lowest BCUT2D eigenvalue weighted by molar-refractivity contribution is -0.148. The van der Waals surface area contributed by atoms with Crippen LogP contribution in [0.15, 0.2) is 66.7 Å². The van der Waals surface area contributed by atoms with Gasteiger partial charge in [-0.15, -0.1) is 10.2 Å². The Morgan fingerprint density at radius 2 is 2.00 bits per heavy atom. The number of H-pyrrole nitrogens is 2. The summed E-state index contributed by atoms with van der Waals surface area (Å²) in [4.78, 5) is 18.9. The highest BCUT2D eigenvalue weighted by Crippen LogP contribution is 2.42. The molecule has 0 radical (unpaired) electrons. The Balaban J connectivity index is 1.52. The number of halogens is 1. The van der Waals surface area contributed by atoms with Crippen molar-refractivity contribution in [2.24, 2.45) is 0 Å². The van der Waals surface area contributed by atoms with E-state index in [0.717, 1.165) is 44.4 Å². The topological polar surface area (TPSA) is 99.8 Å². The van der Waals surface area contributed by atoms with E-state index >= 15 is 0 Å². The number of nitrogens with one attached hydrogen (secondary N) is 2. The number of ether oxygens (including phenoxy) is 1. The minimum absolute atomic E-state index is 0.313. The monoisotopic (exact) mass is 496 g/mol. The summed E-state index contributed by atoms with van der Waals surface area (Å²) in [5.74, 6) is -0.157. The number of hydrogen-bond donors (Lipinski definition) is 2. The second-order valence-electron chi connectivity index (χ2n) is 9.38. The first-order valence-electron chi connectivity index (χ1n) is 12.0. The largest absolute Gasteiger partial charge is 0.468 e. The standard InChI is InChI=1S/C28H25FN6O2/c1-16-10-19(13-20(29)11-16)26-25-22(21-8-3-4-9-23(21)30-25)14-24(28(36)37-2)35(26)15-17-6-5-7-18(12-17)27-31-33-34-32-27/h3-13,24,26,30H,14-15H2,1-2H3,(H,31,32,33,34)/t24?,26-/m1/s1. The number of carbonyl (C=O) groups is 1. The summed E-state index contributed by atoms with van der Waals surface area (Å²) in [5.41, 5.74) is 6.34. The summed E-state index contributed by atoms with van der Waals surface area (Å²) >= 11 is 0. The molecule has 0 saturated heterocycles. The molecule has 1 unspecified atom stereocenters. The predicted molar refractivity (Wildman–Crippen MR) is 136 cm³/mol. The van der Waals surface area contributed by atoms with Gasteiger partial charge in [0.25, 0.3) is 0 Å². The lowest BCUT2D eigenvalue weighted by Gasteiger charge is -2.41. The summed E-state index contributed by atoms with van der Waals surface area (Å²) in [6, 6.07) is 19.9. The highest BCUT2D eigenvalue weighted by Gasteiger charge is 2.41. The maximum absolute atomic E-state index is 14.7. The van der Waals surface area contributed by atoms with Crippen molar-refractivity contribution < 1.29 is 13.9 Å². The SMILES string of the molecule is COC(=O)C1Cc2c([nH]c3ccccc23)[C@@H](c2cc(C)cc(F)c2)N1Cc1cccc(-c2nn[nH]n2)c1. The highest BCUT2D eigenvalue weighted by atomic mass is 19.1. The van der Waals surface area contributed by atoms with Gasteiger partial charge in [-0.2, -0.15) is 5.21 Å². The fourth-order valence-electron chi connectivity index (χ4n) is 5.47. The summed E-state index contributed by atoms with van der Waals surface area (Å²) in [5, 5.41) is 15.4. The molecule has 2 atom stereocenters. The molecular formula is C28H25FN6O2. The van der Waals surface area contributed by atoms with Crippen molar-refractivity contribution in [2.75, 3.05) is 7.11 Å². The number of aromatic amines is 2. The molecule has 2 aromatic heterocycles. The van der Waals surface area contributed by atoms with Crippen molar-refractivity contribution in [3.8, 4) is 11.4 Å². The second-order valence-corrected chi connectivity index (χ2v) is 9.38. The van der Waals surface area contributed by atoms with Gasteiger partial charge in [0.2, 0.25) is 5.82 Å². The van der Waals surface area contributed by atoms with Crippen molar-refractivity contribution in [3.05, 3.63) is 100 Å². The molecule has 8 nitrogen and oxygen atoms in total. The van der Waals surface area contributed by atoms with Crippen LogP contribution in [0.1, 0.15) is 34.0 Å². The minimum Gasteiger partial charge on any atom is -0.468 e. The fourth-order valence-corrected chi connectivity index (χ4v) is 5.47. The first-order chi connectivity index (χ1) is 18.0. The van der Waals surface area contributed by atoms with Crippen LogP contribution in [0.2, 0.25) is 0 Å². The van der Waals surface area contributed by atoms with Gasteiger partial charge in [0, 0.05) is 35.1 Å². The number of methoxy groups -OCH3 is 1. The summed E-state index contributed by atoms with van der Waals surface area (Å²) in [7, 11) is 1.41. The number of esters is 1. The zero-order chi connectivity index (χ0) is 25.5. The van der Waals surface area contributed by atoms with Crippen LogP contribution in [-0.4, -0.2) is 49.6 Å². The van der Waals surface area contributed by atoms with Crippen LogP contribution in [0.25, 0.3) is 22.3 Å². The van der Waals surface area contributed by atoms with Crippen molar-refractivity contribution in [3.63, 3.8) is 0 Å². The number of aromatic nitrogens is 5. The number of aryl methyl sites for hydroxylation is 1. The molecule has 0 aliphatic carbocycles. The molecule has 0 spiro atoms. The van der Waals surface area contributed by atoms with Gasteiger partial charge < -0.3 is 9.72 Å². The quantitative estimate of drug-likeness (QED) is 0.348. The van der Waals surface area contributed by atoms with Gasteiger partial charge in [0.15, 0.2) is 0 Å². The zero-order valence-electron chi connectivity index (χ0n) is 20.4. The number of benzene rings is 3. The number of hydrogen-bond acceptors (Lipinski definition) is 6. The average molecular weight is 497 g/mol. The van der Waals surface area contributed by atoms with Crippen molar-refractivity contribution in [1.29, 1.82) is 0 Å². The number of carbonyl (C=O) groups excluding carboxylic acids is 1. The number of rotatable bonds is 5. The third-order valence-corrected chi connectivity index (χ3v) is 7.00. The lowest BCUT2D eigenvalue weighted by atomic mass is 9.87. The van der Waals surface area contributed by atoms with E-state index in [1.807, 2.05) is 55.5 Å². The van der Waals surface area contributed by atoms with Crippen molar-refractivity contribution in [2.45, 2.75) is 32.0 Å². The van der Waals surface area contributed by atoms with Crippen LogP contribution in [0.5, 0.6) is 0 Å². The zero-order valence-corrected chi connectivity index (χ0v) is 20.4. The molecule has 3 heterocycles. The third kappa shape index (κ3) is 4.17. The summed E-state index contributed by atoms with van der Waals surface area (Å²) < 4.78 is 20.0. The minimum atomic E-state index is -0.570. The van der Waals surface area contributed by atoms with Crippen LogP contribution in [0.3, 0.4) is 0 Å². The van der Waals surface area contributed by atoms with Crippen LogP contribution >= 0.6 is 0 Å². The van der Waals surface area contributed by atoms with Crippen LogP contribution in [-0.2, 0) is 22.5 Å². The van der Waals surface area contributed by atoms with Gasteiger partial charge in [-0.3, -0.25) is 9.69 Å². The molecule has 0 fully saturated rings. The number of para-hydroxylation sites is 1. The Morgan fingerprint density at radius 3 is 2.78 bits per heavy atom. The third-order valence-electron chi connectivity index (χ3n) is 7.00. The van der Waals surface area contributed by atoms with E-state index in [9.17, 15) is 9.18 Å². The van der Waals surface area contributed by atoms with Crippen molar-refractivity contribution >= 4 is 16.9 Å². The molecule has 1 aliphatic heterocycles. The van der Waals surface area contributed by atoms with Crippen molar-refractivity contribution in [1.82, 2.24) is 30.5 Å². The molecular weight excluding hydrogens is 471 g/mol. The van der Waals surface area contributed by atoms with Gasteiger partial charge in [-0.1, -0.05) is 42.5 Å². The molecule has 0 bridgehead atoms. The number of nitrogens with zero attached hydrogens (tertiary/aromatic N) is 4. The maximum atomic E-state index is 14.7. The lowest BCUT2D eigenvalue weighted by Crippen LogP contribution is -2.48. The van der Waals surface area contributed by atoms with Gasteiger partial charge in [-0.05, 0) is 58.7 Å². The Labute approximate surface area is 212 Å². The first kappa shape index (κ1) is 23.1. The van der Waals surface area contributed by atoms with E-state index in [2.05, 4.69) is 36.6 Å². The maximum Gasteiger partial charge on any atom is 0.323 e. The van der Waals surface area contributed by atoms with E-state index < -0.39 is 12.1 Å². The van der Waals surface area contributed by atoms with Crippen LogP contribution < -0.4 is 0 Å². The van der Waals surface area contributed by atoms with E-state index in [0.29, 0.717) is 18.8 Å². The molecule has 37 heavy (non-hydrogen) atoms. The Morgan fingerprint density at radius 1 is 1.14 bits per heavy atom. The molecule has 2 N–H and O–H groups in total. The summed E-state index contributed by atoms with van der Waals surface area (Å²) in [6.07, 6.45) is 0.474. The molecule has 186 valence electrons. The highest BCUT2D eigenvalue weighted by molar-refractivity contribution is 5.87. The molecule has 0 saturated carbocycles. The molecule has 0 amide bonds. The molecule has 6 rings (SSSR count). The van der Waals surface area contributed by atoms with Gasteiger partial charge in [0.1, 0.15) is 11.9 Å². The first-order valence-corrected chi connectivity index (χ1v) is 12.0. The molecule has 1 aliphatic rings. The van der Waals surface area contributed by atoms with Gasteiger partial charge >= 0.3 is 5.97 Å². The predicted octanol–water partition coefficient (Wildman–Crippen LogP) is 4.48. The average Bonchev–Trinajstić information content (AvgIpc) is 3.56. The Kier molecular flexibility index (Phi) is 5.77. The second kappa shape index (κ2) is 9.25. The van der Waals surface area contributed by atoms with E-state index in [1.54, 1.807) is 6.07 Å². The van der Waals surface area contributed by atoms with Crippen LogP contribution in [0, 0.1) is 12.7 Å². The summed E-state index contributed by atoms with van der Waals surface area (Å²) in [6.45, 7) is 2.29. The number of fused-ring (bicyclic) bond motifs is 3. The molecule has 3 aromatic carbocycles. The Hall–Kier alpha value is -4.37. The van der Waals surface area contributed by atoms with Gasteiger partial charge in [0.05, 0.1) is 13.2 Å². The smallest absolute Gasteiger partial charge is 0.323 e. The van der Waals surface area contributed by atoms with E-state index in [1.165, 1.54) is 13.2 Å². The Bertz CT molecular complexity index is 1580. The van der Waals surface area contributed by atoms with E-state index in [4.69, 9.17) is 4.74 Å². The van der Waals surface area contributed by atoms with Gasteiger partial charge in [-0.25, -0.2) is 4.39 Å². The number of tetrazole rings is 1. The molecule has 9 heteroatoms. The molecule has 5 aromatic rings. The fraction of sp³-hybridized carbons (Fsp3) is 0.214. The van der Waals surface area contributed by atoms with Crippen LogP contribution in [0.4, 0.5) is 4.39 Å². The van der Waals surface area contributed by atoms with E-state index in [-0.39, 0.29) is 11.8 Å². The normalized spacial score (nSPS) is 17.6.